The highest BCUT2D eigenvalue weighted by Gasteiger charge is 2.24. The number of hydrogen-bond donors (Lipinski definition) is 1. The van der Waals surface area contributed by atoms with E-state index in [1.165, 1.54) is 12.0 Å². The predicted molar refractivity (Wildman–Crippen MR) is 88.6 cm³/mol. The molecule has 3 heterocycles. The van der Waals surface area contributed by atoms with Crippen molar-refractivity contribution in [1.29, 1.82) is 0 Å². The lowest BCUT2D eigenvalue weighted by molar-refractivity contribution is 0.225. The number of nitrogens with zero attached hydrogens (tertiary/aromatic N) is 3. The number of aliphatic hydroxyl groups is 1. The molecule has 0 bridgehead atoms. The van der Waals surface area contributed by atoms with Gasteiger partial charge in [0.05, 0.1) is 6.54 Å². The Hall–Kier alpha value is -1.69. The van der Waals surface area contributed by atoms with Crippen LogP contribution in [0.15, 0.2) is 41.1 Å². The quantitative estimate of drug-likeness (QED) is 0.848. The van der Waals surface area contributed by atoms with E-state index < -0.39 is 0 Å². The summed E-state index contributed by atoms with van der Waals surface area (Å²) >= 11 is 0. The first-order chi connectivity index (χ1) is 11.2. The second kappa shape index (κ2) is 7.73. The number of aliphatic hydroxyl groups excluding tert-OH is 1. The van der Waals surface area contributed by atoms with Crippen molar-refractivity contribution in [3.8, 4) is 0 Å². The molecular weight excluding hydrogens is 290 g/mol. The van der Waals surface area contributed by atoms with Crippen LogP contribution in [0.3, 0.4) is 0 Å². The maximum atomic E-state index is 9.06. The van der Waals surface area contributed by atoms with Crippen molar-refractivity contribution in [2.75, 3.05) is 26.7 Å². The van der Waals surface area contributed by atoms with Crippen LogP contribution in [0.1, 0.15) is 23.5 Å². The van der Waals surface area contributed by atoms with Crippen LogP contribution >= 0.6 is 0 Å². The molecule has 23 heavy (non-hydrogen) atoms. The molecule has 1 N–H and O–H groups in total. The van der Waals surface area contributed by atoms with E-state index in [1.807, 2.05) is 30.6 Å². The van der Waals surface area contributed by atoms with E-state index in [0.29, 0.717) is 11.7 Å². The van der Waals surface area contributed by atoms with E-state index >= 15 is 0 Å². The highest BCUT2D eigenvalue weighted by molar-refractivity contribution is 5.08. The summed E-state index contributed by atoms with van der Waals surface area (Å²) in [5.41, 5.74) is 1.26. The van der Waals surface area contributed by atoms with E-state index in [-0.39, 0.29) is 6.61 Å². The molecule has 0 aromatic carbocycles. The zero-order valence-corrected chi connectivity index (χ0v) is 13.7. The molecule has 0 spiro atoms. The van der Waals surface area contributed by atoms with Crippen LogP contribution in [-0.2, 0) is 19.7 Å². The van der Waals surface area contributed by atoms with Gasteiger partial charge in [-0.05, 0) is 49.7 Å². The third kappa shape index (κ3) is 4.64. The number of pyridine rings is 1. The van der Waals surface area contributed by atoms with Crippen LogP contribution < -0.4 is 0 Å². The molecule has 1 saturated heterocycles. The van der Waals surface area contributed by atoms with E-state index in [2.05, 4.69) is 27.9 Å². The number of furan rings is 1. The van der Waals surface area contributed by atoms with E-state index in [4.69, 9.17) is 9.52 Å². The SMILES string of the molecule is CN(Cc1cccnc1)C[C@H]1CCN(Cc2ccc(CO)o2)C1. The Morgan fingerprint density at radius 1 is 1.35 bits per heavy atom. The van der Waals surface area contributed by atoms with Crippen LogP contribution in [0.25, 0.3) is 0 Å². The van der Waals surface area contributed by atoms with Gasteiger partial charge in [-0.2, -0.15) is 0 Å². The van der Waals surface area contributed by atoms with Gasteiger partial charge in [-0.25, -0.2) is 0 Å². The molecule has 5 heteroatoms. The fourth-order valence-electron chi connectivity index (χ4n) is 3.33. The molecule has 1 aliphatic heterocycles. The van der Waals surface area contributed by atoms with Crippen LogP contribution in [0.5, 0.6) is 0 Å². The van der Waals surface area contributed by atoms with Gasteiger partial charge in [-0.15, -0.1) is 0 Å². The lowest BCUT2D eigenvalue weighted by Gasteiger charge is -2.21. The summed E-state index contributed by atoms with van der Waals surface area (Å²) in [5, 5.41) is 9.06. The zero-order valence-electron chi connectivity index (χ0n) is 13.7. The first-order valence-corrected chi connectivity index (χ1v) is 8.21. The molecule has 5 nitrogen and oxygen atoms in total. The summed E-state index contributed by atoms with van der Waals surface area (Å²) in [6.07, 6.45) is 4.98. The van der Waals surface area contributed by atoms with Crippen LogP contribution in [0.4, 0.5) is 0 Å². The average molecular weight is 315 g/mol. The molecule has 124 valence electrons. The first kappa shape index (κ1) is 16.2. The van der Waals surface area contributed by atoms with Crippen molar-refractivity contribution in [3.05, 3.63) is 53.7 Å². The Kier molecular flexibility index (Phi) is 5.43. The van der Waals surface area contributed by atoms with Crippen LogP contribution in [-0.4, -0.2) is 46.6 Å². The zero-order chi connectivity index (χ0) is 16.1. The van der Waals surface area contributed by atoms with E-state index in [0.717, 1.165) is 38.5 Å². The van der Waals surface area contributed by atoms with Gasteiger partial charge < -0.3 is 14.4 Å². The van der Waals surface area contributed by atoms with Crippen LogP contribution in [0, 0.1) is 5.92 Å². The van der Waals surface area contributed by atoms with Gasteiger partial charge in [-0.1, -0.05) is 6.07 Å². The number of likely N-dealkylation sites (tertiary alicyclic amines) is 1. The second-order valence-electron chi connectivity index (χ2n) is 6.47. The lowest BCUT2D eigenvalue weighted by atomic mass is 10.1. The molecule has 0 saturated carbocycles. The Morgan fingerprint density at radius 3 is 2.96 bits per heavy atom. The minimum absolute atomic E-state index is 0.0260. The highest BCUT2D eigenvalue weighted by Crippen LogP contribution is 2.21. The largest absolute Gasteiger partial charge is 0.462 e. The van der Waals surface area contributed by atoms with Crippen molar-refractivity contribution in [2.24, 2.45) is 5.92 Å². The Balaban J connectivity index is 1.44. The van der Waals surface area contributed by atoms with Gasteiger partial charge in [0, 0.05) is 32.0 Å². The topological polar surface area (TPSA) is 52.7 Å². The van der Waals surface area contributed by atoms with Gasteiger partial charge in [0.1, 0.15) is 18.1 Å². The van der Waals surface area contributed by atoms with Gasteiger partial charge in [0.25, 0.3) is 0 Å². The predicted octanol–water partition coefficient (Wildman–Crippen LogP) is 2.12. The fraction of sp³-hybridized carbons (Fsp3) is 0.500. The molecule has 0 radical (unpaired) electrons. The molecule has 0 aliphatic carbocycles. The summed E-state index contributed by atoms with van der Waals surface area (Å²) in [6.45, 7) is 5.07. The molecule has 1 fully saturated rings. The molecule has 1 atom stereocenters. The van der Waals surface area contributed by atoms with Crippen molar-refractivity contribution in [1.82, 2.24) is 14.8 Å². The molecule has 2 aromatic heterocycles. The second-order valence-corrected chi connectivity index (χ2v) is 6.47. The number of hydrogen-bond acceptors (Lipinski definition) is 5. The van der Waals surface area contributed by atoms with Gasteiger partial charge >= 0.3 is 0 Å². The van der Waals surface area contributed by atoms with Gasteiger partial charge in [0.2, 0.25) is 0 Å². The Morgan fingerprint density at radius 2 is 2.22 bits per heavy atom. The minimum Gasteiger partial charge on any atom is -0.462 e. The summed E-state index contributed by atoms with van der Waals surface area (Å²) in [6, 6.07) is 7.93. The summed E-state index contributed by atoms with van der Waals surface area (Å²) in [5.74, 6) is 2.29. The maximum absolute atomic E-state index is 9.06. The highest BCUT2D eigenvalue weighted by atomic mass is 16.4. The Bertz CT molecular complexity index is 599. The van der Waals surface area contributed by atoms with E-state index in [9.17, 15) is 0 Å². The normalized spacial score (nSPS) is 18.8. The molecule has 3 rings (SSSR count). The molecule has 2 aromatic rings. The number of rotatable bonds is 7. The van der Waals surface area contributed by atoms with Crippen molar-refractivity contribution < 1.29 is 9.52 Å². The minimum atomic E-state index is -0.0260. The van der Waals surface area contributed by atoms with Gasteiger partial charge in [0.15, 0.2) is 0 Å². The van der Waals surface area contributed by atoms with Crippen molar-refractivity contribution in [3.63, 3.8) is 0 Å². The standard InChI is InChI=1S/C18H25N3O2/c1-20(10-15-3-2-7-19-9-15)11-16-6-8-21(12-16)13-17-4-5-18(14-22)23-17/h2-5,7,9,16,22H,6,8,10-14H2,1H3/t16-/m1/s1. The van der Waals surface area contributed by atoms with Crippen molar-refractivity contribution >= 4 is 0 Å². The maximum Gasteiger partial charge on any atom is 0.129 e. The third-order valence-electron chi connectivity index (χ3n) is 4.37. The third-order valence-corrected chi connectivity index (χ3v) is 4.37. The van der Waals surface area contributed by atoms with E-state index in [1.54, 1.807) is 0 Å². The summed E-state index contributed by atoms with van der Waals surface area (Å²) in [7, 11) is 2.18. The van der Waals surface area contributed by atoms with Gasteiger partial charge in [-0.3, -0.25) is 9.88 Å². The summed E-state index contributed by atoms with van der Waals surface area (Å²) < 4.78 is 5.58. The lowest BCUT2D eigenvalue weighted by Crippen LogP contribution is -2.28. The van der Waals surface area contributed by atoms with Crippen molar-refractivity contribution in [2.45, 2.75) is 26.1 Å². The number of aromatic nitrogens is 1. The molecule has 0 unspecified atom stereocenters. The molecular formula is C18H25N3O2. The first-order valence-electron chi connectivity index (χ1n) is 8.21. The summed E-state index contributed by atoms with van der Waals surface area (Å²) in [4.78, 5) is 8.98. The monoisotopic (exact) mass is 315 g/mol. The smallest absolute Gasteiger partial charge is 0.129 e. The molecule has 1 aliphatic rings. The van der Waals surface area contributed by atoms with Crippen LogP contribution in [0.2, 0.25) is 0 Å². The molecule has 0 amide bonds. The average Bonchev–Trinajstić information content (AvgIpc) is 3.18. The fourth-order valence-corrected chi connectivity index (χ4v) is 3.33. The Labute approximate surface area is 137 Å².